The van der Waals surface area contributed by atoms with Crippen LogP contribution in [0.25, 0.3) is 0 Å². The summed E-state index contributed by atoms with van der Waals surface area (Å²) >= 11 is 0. The molecule has 0 saturated carbocycles. The highest BCUT2D eigenvalue weighted by Crippen LogP contribution is 2.30. The van der Waals surface area contributed by atoms with Crippen LogP contribution in [0.3, 0.4) is 0 Å². The number of hydrogen-bond acceptors (Lipinski definition) is 4. The predicted molar refractivity (Wildman–Crippen MR) is 80.2 cm³/mol. The van der Waals surface area contributed by atoms with E-state index in [4.69, 9.17) is 4.74 Å². The van der Waals surface area contributed by atoms with Gasteiger partial charge in [-0.25, -0.2) is 0 Å². The molecule has 0 amide bonds. The maximum atomic E-state index is 11.4. The lowest BCUT2D eigenvalue weighted by Crippen LogP contribution is -2.52. The van der Waals surface area contributed by atoms with Gasteiger partial charge in [-0.1, -0.05) is 12.1 Å². The Morgan fingerprint density at radius 3 is 2.40 bits per heavy atom. The number of aliphatic hydroxyl groups is 1. The van der Waals surface area contributed by atoms with Gasteiger partial charge in [-0.15, -0.1) is 0 Å². The Morgan fingerprint density at radius 1 is 1.40 bits per heavy atom. The Bertz CT molecular complexity index is 465. The van der Waals surface area contributed by atoms with E-state index in [-0.39, 0.29) is 18.1 Å². The van der Waals surface area contributed by atoms with E-state index < -0.39 is 10.8 Å². The summed E-state index contributed by atoms with van der Waals surface area (Å²) in [7, 11) is 1.13. The van der Waals surface area contributed by atoms with Gasteiger partial charge in [0.15, 0.2) is 0 Å². The summed E-state index contributed by atoms with van der Waals surface area (Å²) in [4.78, 5) is 3.08. The maximum Gasteiger partial charge on any atom is 0.0579 e. The molecule has 1 heterocycles. The number of benzene rings is 1. The Hall–Kier alpha value is -0.750. The standard InChI is InChI=1S/C15H23NO3S/c1-12(13-4-6-14(7-5-13)20(3)18)16(2)8-15(9-17)10-19-11-15/h4-7,12,17H,8-11H2,1-3H3. The van der Waals surface area contributed by atoms with E-state index in [1.165, 1.54) is 5.56 Å². The fraction of sp³-hybridized carbons (Fsp3) is 0.600. The molecule has 0 aliphatic carbocycles. The molecule has 1 N–H and O–H groups in total. The van der Waals surface area contributed by atoms with Gasteiger partial charge in [-0.3, -0.25) is 9.11 Å². The Balaban J connectivity index is 2.02. The molecular formula is C15H23NO3S. The van der Waals surface area contributed by atoms with Crippen LogP contribution in [0.5, 0.6) is 0 Å². The van der Waals surface area contributed by atoms with Crippen molar-refractivity contribution in [2.24, 2.45) is 5.41 Å². The molecule has 2 atom stereocenters. The highest BCUT2D eigenvalue weighted by molar-refractivity contribution is 7.84. The normalized spacial score (nSPS) is 20.4. The third-order valence-electron chi connectivity index (χ3n) is 4.09. The van der Waals surface area contributed by atoms with Crippen molar-refractivity contribution in [2.45, 2.75) is 17.9 Å². The molecule has 1 saturated heterocycles. The van der Waals surface area contributed by atoms with E-state index in [0.29, 0.717) is 13.2 Å². The van der Waals surface area contributed by atoms with Crippen LogP contribution in [0.2, 0.25) is 0 Å². The maximum absolute atomic E-state index is 11.4. The molecule has 0 bridgehead atoms. The molecule has 2 unspecified atom stereocenters. The molecule has 112 valence electrons. The Kier molecular flexibility index (Phi) is 4.96. The van der Waals surface area contributed by atoms with Gasteiger partial charge in [0.05, 0.1) is 25.2 Å². The predicted octanol–water partition coefficient (Wildman–Crippen LogP) is 1.43. The van der Waals surface area contributed by atoms with Crippen molar-refractivity contribution in [2.75, 3.05) is 39.7 Å². The molecule has 1 fully saturated rings. The molecule has 4 nitrogen and oxygen atoms in total. The molecule has 5 heteroatoms. The van der Waals surface area contributed by atoms with Crippen molar-refractivity contribution in [1.29, 1.82) is 0 Å². The summed E-state index contributed by atoms with van der Waals surface area (Å²) in [6.45, 7) is 4.38. The smallest absolute Gasteiger partial charge is 0.0579 e. The van der Waals surface area contributed by atoms with Crippen LogP contribution in [0.15, 0.2) is 29.2 Å². The highest BCUT2D eigenvalue weighted by Gasteiger charge is 2.39. The highest BCUT2D eigenvalue weighted by atomic mass is 32.2. The molecule has 1 aliphatic heterocycles. The number of nitrogens with zero attached hydrogens (tertiary/aromatic N) is 1. The summed E-state index contributed by atoms with van der Waals surface area (Å²) in [5.41, 5.74) is 1.09. The van der Waals surface area contributed by atoms with Crippen LogP contribution in [-0.4, -0.2) is 53.9 Å². The van der Waals surface area contributed by atoms with Crippen LogP contribution in [0.1, 0.15) is 18.5 Å². The first kappa shape index (κ1) is 15.6. The quantitative estimate of drug-likeness (QED) is 0.863. The van der Waals surface area contributed by atoms with E-state index in [1.807, 2.05) is 24.3 Å². The van der Waals surface area contributed by atoms with Crippen molar-refractivity contribution in [3.63, 3.8) is 0 Å². The van der Waals surface area contributed by atoms with Crippen molar-refractivity contribution in [3.05, 3.63) is 29.8 Å². The number of hydrogen-bond donors (Lipinski definition) is 1. The van der Waals surface area contributed by atoms with Gasteiger partial charge in [0.2, 0.25) is 0 Å². The average molecular weight is 297 g/mol. The van der Waals surface area contributed by atoms with Gasteiger partial charge < -0.3 is 9.84 Å². The molecule has 1 aliphatic rings. The zero-order chi connectivity index (χ0) is 14.8. The van der Waals surface area contributed by atoms with E-state index >= 15 is 0 Å². The number of ether oxygens (including phenoxy) is 1. The minimum absolute atomic E-state index is 0.103. The minimum atomic E-state index is -0.934. The third kappa shape index (κ3) is 3.28. The molecule has 1 aromatic carbocycles. The van der Waals surface area contributed by atoms with Gasteiger partial charge in [-0.05, 0) is 31.7 Å². The lowest BCUT2D eigenvalue weighted by Gasteiger charge is -2.43. The van der Waals surface area contributed by atoms with Crippen molar-refractivity contribution < 1.29 is 14.1 Å². The van der Waals surface area contributed by atoms with Gasteiger partial charge in [-0.2, -0.15) is 0 Å². The molecule has 0 radical (unpaired) electrons. The third-order valence-corrected chi connectivity index (χ3v) is 5.03. The number of rotatable bonds is 6. The molecule has 2 rings (SSSR count). The summed E-state index contributed by atoms with van der Waals surface area (Å²) < 4.78 is 16.6. The van der Waals surface area contributed by atoms with Crippen molar-refractivity contribution >= 4 is 10.8 Å². The van der Waals surface area contributed by atoms with Gasteiger partial charge in [0, 0.05) is 34.5 Å². The number of aliphatic hydroxyl groups excluding tert-OH is 1. The second-order valence-electron chi connectivity index (χ2n) is 5.77. The van der Waals surface area contributed by atoms with Crippen LogP contribution in [0.4, 0.5) is 0 Å². The van der Waals surface area contributed by atoms with Gasteiger partial charge in [0.1, 0.15) is 0 Å². The van der Waals surface area contributed by atoms with E-state index in [9.17, 15) is 9.32 Å². The zero-order valence-corrected chi connectivity index (χ0v) is 13.2. The van der Waals surface area contributed by atoms with Crippen LogP contribution < -0.4 is 0 Å². The molecule has 20 heavy (non-hydrogen) atoms. The Labute approximate surface area is 123 Å². The molecule has 1 aromatic rings. The first-order valence-corrected chi connectivity index (χ1v) is 8.35. The monoisotopic (exact) mass is 297 g/mol. The fourth-order valence-electron chi connectivity index (χ4n) is 2.48. The van der Waals surface area contributed by atoms with Crippen molar-refractivity contribution in [1.82, 2.24) is 4.90 Å². The summed E-state index contributed by atoms with van der Waals surface area (Å²) in [6, 6.07) is 8.15. The topological polar surface area (TPSA) is 49.8 Å². The zero-order valence-electron chi connectivity index (χ0n) is 12.3. The van der Waals surface area contributed by atoms with Crippen molar-refractivity contribution in [3.8, 4) is 0 Å². The summed E-state index contributed by atoms with van der Waals surface area (Å²) in [6.07, 6.45) is 1.69. The van der Waals surface area contributed by atoms with Crippen LogP contribution in [0, 0.1) is 5.41 Å². The van der Waals surface area contributed by atoms with Crippen LogP contribution >= 0.6 is 0 Å². The summed E-state index contributed by atoms with van der Waals surface area (Å²) in [5.74, 6) is 0. The second-order valence-corrected chi connectivity index (χ2v) is 7.14. The fourth-order valence-corrected chi connectivity index (χ4v) is 3.00. The Morgan fingerprint density at radius 2 is 2.00 bits per heavy atom. The lowest BCUT2D eigenvalue weighted by atomic mass is 9.86. The minimum Gasteiger partial charge on any atom is -0.396 e. The average Bonchev–Trinajstić information content (AvgIpc) is 2.42. The first-order valence-electron chi connectivity index (χ1n) is 6.80. The van der Waals surface area contributed by atoms with E-state index in [0.717, 1.165) is 11.4 Å². The molecule has 0 aromatic heterocycles. The van der Waals surface area contributed by atoms with Gasteiger partial charge >= 0.3 is 0 Å². The van der Waals surface area contributed by atoms with Crippen LogP contribution in [-0.2, 0) is 15.5 Å². The summed E-state index contributed by atoms with van der Waals surface area (Å²) in [5, 5.41) is 9.49. The molecule has 0 spiro atoms. The first-order chi connectivity index (χ1) is 9.47. The van der Waals surface area contributed by atoms with E-state index in [1.54, 1.807) is 6.26 Å². The largest absolute Gasteiger partial charge is 0.396 e. The SMILES string of the molecule is CC(c1ccc(S(C)=O)cc1)N(C)CC1(CO)COC1. The van der Waals surface area contributed by atoms with E-state index in [2.05, 4.69) is 18.9 Å². The lowest BCUT2D eigenvalue weighted by molar-refractivity contribution is -0.149. The molecular weight excluding hydrogens is 274 g/mol. The second kappa shape index (κ2) is 6.35. The van der Waals surface area contributed by atoms with Gasteiger partial charge in [0.25, 0.3) is 0 Å².